The van der Waals surface area contributed by atoms with Gasteiger partial charge in [-0.3, -0.25) is 0 Å². The minimum absolute atomic E-state index is 0.0104. The van der Waals surface area contributed by atoms with E-state index in [1.54, 1.807) is 0 Å². The summed E-state index contributed by atoms with van der Waals surface area (Å²) >= 11 is 3.58. The topological polar surface area (TPSA) is 32.8 Å². The number of hydrogen-bond acceptors (Lipinski definition) is 3. The second-order valence-electron chi connectivity index (χ2n) is 8.30. The number of likely N-dealkylation sites (tertiary alicyclic amines) is 1. The molecule has 2 unspecified atom stereocenters. The summed E-state index contributed by atoms with van der Waals surface area (Å²) < 4.78 is 6.75. The molecule has 2 aliphatic rings. The zero-order chi connectivity index (χ0) is 17.7. The van der Waals surface area contributed by atoms with E-state index in [0.717, 1.165) is 30.4 Å². The summed E-state index contributed by atoms with van der Waals surface area (Å²) in [5, 5.41) is 0. The number of rotatable bonds is 1. The van der Waals surface area contributed by atoms with Crippen LogP contribution in [0.3, 0.4) is 0 Å². The highest BCUT2D eigenvalue weighted by Crippen LogP contribution is 2.47. The number of carbonyl (C=O) groups excluding carboxylic acids is 1. The maximum Gasteiger partial charge on any atom is 0.410 e. The van der Waals surface area contributed by atoms with Gasteiger partial charge in [0.25, 0.3) is 0 Å². The van der Waals surface area contributed by atoms with Gasteiger partial charge >= 0.3 is 6.09 Å². The van der Waals surface area contributed by atoms with Gasteiger partial charge in [0.05, 0.1) is 0 Å². The molecule has 1 aromatic rings. The zero-order valence-electron chi connectivity index (χ0n) is 15.2. The molecular formula is C19H27BrN2O2. The Kier molecular flexibility index (Phi) is 4.45. The van der Waals surface area contributed by atoms with Crippen LogP contribution in [-0.2, 0) is 16.6 Å². The van der Waals surface area contributed by atoms with Crippen LogP contribution in [0.4, 0.5) is 4.79 Å². The molecule has 0 saturated carbocycles. The first kappa shape index (κ1) is 17.7. The van der Waals surface area contributed by atoms with E-state index in [-0.39, 0.29) is 11.5 Å². The Morgan fingerprint density at radius 1 is 1.38 bits per heavy atom. The number of aryl methyl sites for hydroxylation is 1. The quantitative estimate of drug-likeness (QED) is 0.725. The van der Waals surface area contributed by atoms with Gasteiger partial charge in [0.15, 0.2) is 0 Å². The molecule has 1 aliphatic carbocycles. The molecule has 132 valence electrons. The third kappa shape index (κ3) is 3.08. The van der Waals surface area contributed by atoms with Crippen molar-refractivity contribution in [2.45, 2.75) is 50.7 Å². The van der Waals surface area contributed by atoms with E-state index >= 15 is 0 Å². The van der Waals surface area contributed by atoms with Gasteiger partial charge < -0.3 is 14.5 Å². The molecule has 1 aliphatic heterocycles. The van der Waals surface area contributed by atoms with Crippen molar-refractivity contribution in [1.82, 2.24) is 9.80 Å². The second-order valence-corrected chi connectivity index (χ2v) is 9.21. The van der Waals surface area contributed by atoms with Crippen molar-refractivity contribution in [3.63, 3.8) is 0 Å². The summed E-state index contributed by atoms with van der Waals surface area (Å²) in [6.45, 7) is 7.21. The van der Waals surface area contributed by atoms with E-state index in [1.807, 2.05) is 25.7 Å². The summed E-state index contributed by atoms with van der Waals surface area (Å²) in [6.07, 6.45) is 1.96. The highest BCUT2D eigenvalue weighted by atomic mass is 79.9. The molecule has 0 N–H and O–H groups in total. The van der Waals surface area contributed by atoms with Crippen molar-refractivity contribution >= 4 is 22.0 Å². The van der Waals surface area contributed by atoms with Crippen LogP contribution < -0.4 is 0 Å². The SMILES string of the molecule is CN(C)C1CN(C(=O)OC(C)(C)C)CC12CCc1cc(Br)ccc12. The van der Waals surface area contributed by atoms with Crippen LogP contribution in [0.2, 0.25) is 0 Å². The number of nitrogens with zero attached hydrogens (tertiary/aromatic N) is 2. The summed E-state index contributed by atoms with van der Waals surface area (Å²) in [4.78, 5) is 16.8. The van der Waals surface area contributed by atoms with Crippen molar-refractivity contribution in [3.8, 4) is 0 Å². The lowest BCUT2D eigenvalue weighted by Gasteiger charge is -2.35. The number of hydrogen-bond donors (Lipinski definition) is 0. The summed E-state index contributed by atoms with van der Waals surface area (Å²) in [5.74, 6) is 0. The van der Waals surface area contributed by atoms with Crippen molar-refractivity contribution in [2.24, 2.45) is 0 Å². The van der Waals surface area contributed by atoms with E-state index < -0.39 is 5.60 Å². The Labute approximate surface area is 153 Å². The smallest absolute Gasteiger partial charge is 0.410 e. The Balaban J connectivity index is 1.93. The van der Waals surface area contributed by atoms with Crippen LogP contribution in [0, 0.1) is 0 Å². The van der Waals surface area contributed by atoms with E-state index in [2.05, 4.69) is 53.1 Å². The summed E-state index contributed by atoms with van der Waals surface area (Å²) in [7, 11) is 4.23. The minimum Gasteiger partial charge on any atom is -0.444 e. The Hall–Kier alpha value is -1.07. The number of halogens is 1. The van der Waals surface area contributed by atoms with Crippen LogP contribution in [-0.4, -0.2) is 54.7 Å². The number of fused-ring (bicyclic) bond motifs is 2. The average molecular weight is 395 g/mol. The molecule has 1 fully saturated rings. The first-order chi connectivity index (χ1) is 11.1. The fraction of sp³-hybridized carbons (Fsp3) is 0.632. The minimum atomic E-state index is -0.459. The number of ether oxygens (including phenoxy) is 1. The molecule has 3 rings (SSSR count). The molecule has 0 aromatic heterocycles. The molecular weight excluding hydrogens is 368 g/mol. The van der Waals surface area contributed by atoms with Gasteiger partial charge in [-0.2, -0.15) is 0 Å². The van der Waals surface area contributed by atoms with Gasteiger partial charge in [0, 0.05) is 29.0 Å². The fourth-order valence-corrected chi connectivity index (χ4v) is 4.68. The molecule has 2 atom stereocenters. The first-order valence-electron chi connectivity index (χ1n) is 8.56. The van der Waals surface area contributed by atoms with Gasteiger partial charge in [0.2, 0.25) is 0 Å². The normalized spacial score (nSPS) is 26.3. The lowest BCUT2D eigenvalue weighted by atomic mass is 9.77. The van der Waals surface area contributed by atoms with Crippen LogP contribution in [0.25, 0.3) is 0 Å². The van der Waals surface area contributed by atoms with Crippen LogP contribution >= 0.6 is 15.9 Å². The monoisotopic (exact) mass is 394 g/mol. The molecule has 1 amide bonds. The molecule has 5 heteroatoms. The third-order valence-electron chi connectivity index (χ3n) is 5.22. The van der Waals surface area contributed by atoms with Gasteiger partial charge in [0.1, 0.15) is 5.60 Å². The number of carbonyl (C=O) groups is 1. The van der Waals surface area contributed by atoms with E-state index in [4.69, 9.17) is 4.74 Å². The largest absolute Gasteiger partial charge is 0.444 e. The maximum atomic E-state index is 12.6. The van der Waals surface area contributed by atoms with Crippen LogP contribution in [0.5, 0.6) is 0 Å². The van der Waals surface area contributed by atoms with E-state index in [1.165, 1.54) is 11.1 Å². The molecule has 1 aromatic carbocycles. The van der Waals surface area contributed by atoms with Gasteiger partial charge in [-0.25, -0.2) is 4.79 Å². The highest BCUT2D eigenvalue weighted by molar-refractivity contribution is 9.10. The van der Waals surface area contributed by atoms with Crippen molar-refractivity contribution in [3.05, 3.63) is 33.8 Å². The standard InChI is InChI=1S/C19H27BrN2O2/c1-18(2,3)24-17(23)22-11-16(21(4)5)19(12-22)9-8-13-10-14(20)6-7-15(13)19/h6-7,10,16H,8-9,11-12H2,1-5H3. The Morgan fingerprint density at radius 2 is 2.08 bits per heavy atom. The molecule has 24 heavy (non-hydrogen) atoms. The predicted octanol–water partition coefficient (Wildman–Crippen LogP) is 3.81. The second kappa shape index (κ2) is 6.03. The van der Waals surface area contributed by atoms with Crippen molar-refractivity contribution < 1.29 is 9.53 Å². The van der Waals surface area contributed by atoms with Crippen LogP contribution in [0.15, 0.2) is 22.7 Å². The van der Waals surface area contributed by atoms with Crippen LogP contribution in [0.1, 0.15) is 38.3 Å². The van der Waals surface area contributed by atoms with Crippen molar-refractivity contribution in [1.29, 1.82) is 0 Å². The molecule has 0 radical (unpaired) electrons. The lowest BCUT2D eigenvalue weighted by Crippen LogP contribution is -2.45. The zero-order valence-corrected chi connectivity index (χ0v) is 16.8. The fourth-order valence-electron chi connectivity index (χ4n) is 4.27. The molecule has 1 saturated heterocycles. The maximum absolute atomic E-state index is 12.6. The molecule has 1 heterocycles. The van der Waals surface area contributed by atoms with E-state index in [0.29, 0.717) is 6.04 Å². The molecule has 4 nitrogen and oxygen atoms in total. The highest BCUT2D eigenvalue weighted by Gasteiger charge is 2.53. The van der Waals surface area contributed by atoms with Gasteiger partial charge in [-0.15, -0.1) is 0 Å². The number of benzene rings is 1. The summed E-state index contributed by atoms with van der Waals surface area (Å²) in [5.41, 5.74) is 2.35. The van der Waals surface area contributed by atoms with E-state index in [9.17, 15) is 4.79 Å². The van der Waals surface area contributed by atoms with Gasteiger partial charge in [-0.05, 0) is 71.0 Å². The Bertz CT molecular complexity index is 653. The number of likely N-dealkylation sites (N-methyl/N-ethyl adjacent to an activating group) is 1. The molecule has 0 bridgehead atoms. The predicted molar refractivity (Wildman–Crippen MR) is 99.4 cm³/mol. The first-order valence-corrected chi connectivity index (χ1v) is 9.35. The van der Waals surface area contributed by atoms with Gasteiger partial charge in [-0.1, -0.05) is 22.0 Å². The number of amides is 1. The molecule has 1 spiro atoms. The Morgan fingerprint density at radius 3 is 2.71 bits per heavy atom. The van der Waals surface area contributed by atoms with Crippen molar-refractivity contribution in [2.75, 3.05) is 27.2 Å². The third-order valence-corrected chi connectivity index (χ3v) is 5.72. The average Bonchev–Trinajstić information content (AvgIpc) is 3.00. The summed E-state index contributed by atoms with van der Waals surface area (Å²) in [6, 6.07) is 6.90. The lowest BCUT2D eigenvalue weighted by molar-refractivity contribution is 0.0279.